The molecule has 1 fully saturated rings. The Hall–Kier alpha value is -2.18. The van der Waals surface area contributed by atoms with Gasteiger partial charge in [0.05, 0.1) is 4.90 Å². The summed E-state index contributed by atoms with van der Waals surface area (Å²) < 4.78 is 26.2. The molecule has 2 amide bonds. The molecule has 0 bridgehead atoms. The van der Waals surface area contributed by atoms with Crippen molar-refractivity contribution < 1.29 is 18.0 Å². The van der Waals surface area contributed by atoms with Crippen LogP contribution in [0.15, 0.2) is 53.4 Å². The zero-order valence-electron chi connectivity index (χ0n) is 17.4. The summed E-state index contributed by atoms with van der Waals surface area (Å²) in [5.41, 5.74) is 1.39. The van der Waals surface area contributed by atoms with Crippen LogP contribution in [-0.2, 0) is 20.0 Å². The summed E-state index contributed by atoms with van der Waals surface area (Å²) in [5.74, 6) is -1.12. The van der Waals surface area contributed by atoms with Gasteiger partial charge in [-0.1, -0.05) is 44.5 Å². The number of hydrogen-bond acceptors (Lipinski definition) is 4. The molecular formula is C23H26ClNO4S. The fraction of sp³-hybridized carbons (Fsp3) is 0.391. The van der Waals surface area contributed by atoms with Crippen LogP contribution < -0.4 is 0 Å². The summed E-state index contributed by atoms with van der Waals surface area (Å²) >= 11 is 5.86. The normalized spacial score (nSPS) is 18.2. The number of carbonyl (C=O) groups is 2. The highest BCUT2D eigenvalue weighted by Gasteiger charge is 2.40. The van der Waals surface area contributed by atoms with Crippen LogP contribution in [0.3, 0.4) is 0 Å². The van der Waals surface area contributed by atoms with Gasteiger partial charge in [0.2, 0.25) is 5.91 Å². The Morgan fingerprint density at radius 2 is 1.60 bits per heavy atom. The lowest BCUT2D eigenvalue weighted by Gasteiger charge is -2.24. The quantitative estimate of drug-likeness (QED) is 0.643. The molecule has 7 heteroatoms. The Balaban J connectivity index is 1.89. The molecule has 1 saturated heterocycles. The second kappa shape index (κ2) is 8.52. The van der Waals surface area contributed by atoms with Gasteiger partial charge in [0.25, 0.3) is 5.91 Å². The molecule has 160 valence electrons. The van der Waals surface area contributed by atoms with Crippen molar-refractivity contribution in [2.75, 3.05) is 6.54 Å². The first-order valence-corrected chi connectivity index (χ1v) is 11.9. The van der Waals surface area contributed by atoms with E-state index in [0.29, 0.717) is 23.4 Å². The van der Waals surface area contributed by atoms with Crippen molar-refractivity contribution in [3.05, 3.63) is 64.7 Å². The fourth-order valence-corrected chi connectivity index (χ4v) is 5.39. The van der Waals surface area contributed by atoms with Gasteiger partial charge in [-0.15, -0.1) is 0 Å². The molecule has 2 aromatic carbocycles. The van der Waals surface area contributed by atoms with E-state index in [4.69, 9.17) is 11.6 Å². The molecule has 1 atom stereocenters. The van der Waals surface area contributed by atoms with Crippen LogP contribution in [0.1, 0.15) is 56.0 Å². The fourth-order valence-electron chi connectivity index (χ4n) is 3.55. The maximum absolute atomic E-state index is 13.2. The van der Waals surface area contributed by atoms with Crippen LogP contribution in [0.5, 0.6) is 0 Å². The minimum absolute atomic E-state index is 0.0362. The Morgan fingerprint density at radius 1 is 1.00 bits per heavy atom. The van der Waals surface area contributed by atoms with Crippen molar-refractivity contribution in [2.24, 2.45) is 0 Å². The summed E-state index contributed by atoms with van der Waals surface area (Å²) in [6.07, 6.45) is 1.32. The Morgan fingerprint density at radius 3 is 2.17 bits per heavy atom. The van der Waals surface area contributed by atoms with Crippen molar-refractivity contribution in [1.82, 2.24) is 4.90 Å². The van der Waals surface area contributed by atoms with Gasteiger partial charge in [0.1, 0.15) is 5.25 Å². The highest BCUT2D eigenvalue weighted by atomic mass is 35.5. The summed E-state index contributed by atoms with van der Waals surface area (Å²) in [6, 6.07) is 12.9. The number of imide groups is 1. The minimum atomic E-state index is -3.93. The summed E-state index contributed by atoms with van der Waals surface area (Å²) in [4.78, 5) is 27.4. The third-order valence-corrected chi connectivity index (χ3v) is 7.77. The molecule has 1 aliphatic rings. The van der Waals surface area contributed by atoms with Gasteiger partial charge >= 0.3 is 0 Å². The van der Waals surface area contributed by atoms with Crippen molar-refractivity contribution in [2.45, 2.75) is 55.6 Å². The number of halogens is 1. The van der Waals surface area contributed by atoms with Crippen LogP contribution in [0, 0.1) is 0 Å². The first-order valence-electron chi connectivity index (χ1n) is 9.97. The van der Waals surface area contributed by atoms with E-state index in [1.54, 1.807) is 12.1 Å². The molecule has 0 unspecified atom stereocenters. The lowest BCUT2D eigenvalue weighted by Crippen LogP contribution is -2.45. The molecular weight excluding hydrogens is 422 g/mol. The highest BCUT2D eigenvalue weighted by molar-refractivity contribution is 7.92. The molecule has 0 aliphatic carbocycles. The van der Waals surface area contributed by atoms with Gasteiger partial charge in [-0.25, -0.2) is 8.42 Å². The van der Waals surface area contributed by atoms with E-state index in [-0.39, 0.29) is 23.3 Å². The van der Waals surface area contributed by atoms with Gasteiger partial charge in [0, 0.05) is 17.1 Å². The van der Waals surface area contributed by atoms with Crippen LogP contribution >= 0.6 is 11.6 Å². The highest BCUT2D eigenvalue weighted by Crippen LogP contribution is 2.27. The third-order valence-electron chi connectivity index (χ3n) is 5.40. The number of hydrogen-bond donors (Lipinski definition) is 0. The van der Waals surface area contributed by atoms with Crippen LogP contribution in [0.25, 0.3) is 0 Å². The predicted octanol–water partition coefficient (Wildman–Crippen LogP) is 4.63. The van der Waals surface area contributed by atoms with Crippen molar-refractivity contribution in [1.29, 1.82) is 0 Å². The molecule has 0 aromatic heterocycles. The van der Waals surface area contributed by atoms with Gasteiger partial charge in [-0.2, -0.15) is 0 Å². The van der Waals surface area contributed by atoms with Gasteiger partial charge in [0.15, 0.2) is 9.84 Å². The number of likely N-dealkylation sites (tertiary alicyclic amines) is 1. The number of rotatable bonds is 3. The van der Waals surface area contributed by atoms with E-state index in [9.17, 15) is 18.0 Å². The van der Waals surface area contributed by atoms with Gasteiger partial charge in [-0.05, 0) is 66.6 Å². The zero-order chi connectivity index (χ0) is 22.1. The number of amides is 2. The molecule has 0 saturated carbocycles. The lowest BCUT2D eigenvalue weighted by molar-refractivity contribution is -0.127. The monoisotopic (exact) mass is 447 g/mol. The first kappa shape index (κ1) is 22.5. The van der Waals surface area contributed by atoms with Crippen molar-refractivity contribution in [3.8, 4) is 0 Å². The Bertz CT molecular complexity index is 1040. The smallest absolute Gasteiger partial charge is 0.260 e. The second-order valence-electron chi connectivity index (χ2n) is 8.61. The van der Waals surface area contributed by atoms with E-state index >= 15 is 0 Å². The van der Waals surface area contributed by atoms with E-state index in [2.05, 4.69) is 20.8 Å². The molecule has 2 aromatic rings. The first-order chi connectivity index (χ1) is 14.0. The number of carbonyl (C=O) groups excluding carboxylic acids is 2. The zero-order valence-corrected chi connectivity index (χ0v) is 19.0. The maximum Gasteiger partial charge on any atom is 0.260 e. The Kier molecular flexibility index (Phi) is 6.39. The number of benzene rings is 2. The van der Waals surface area contributed by atoms with Crippen molar-refractivity contribution in [3.63, 3.8) is 0 Å². The predicted molar refractivity (Wildman–Crippen MR) is 117 cm³/mol. The van der Waals surface area contributed by atoms with Crippen LogP contribution in [0.2, 0.25) is 5.02 Å². The molecule has 1 heterocycles. The van der Waals surface area contributed by atoms with E-state index in [1.807, 2.05) is 12.1 Å². The molecule has 3 rings (SSSR count). The van der Waals surface area contributed by atoms with E-state index in [0.717, 1.165) is 10.5 Å². The topological polar surface area (TPSA) is 71.5 Å². The summed E-state index contributed by atoms with van der Waals surface area (Å²) in [6.45, 7) is 6.45. The largest absolute Gasteiger partial charge is 0.277 e. The van der Waals surface area contributed by atoms with Crippen LogP contribution in [0.4, 0.5) is 0 Å². The average Bonchev–Trinajstić information content (AvgIpc) is 2.89. The lowest BCUT2D eigenvalue weighted by atomic mass is 9.86. The standard InChI is InChI=1S/C23H26ClNO4S/c1-23(2,3)17-9-7-16(8-10-17)21(26)25-15-5-4-6-20(22(25)27)30(28,29)19-13-11-18(24)12-14-19/h7-14,20H,4-6,15H2,1-3H3/t20-/m1/s1. The summed E-state index contributed by atoms with van der Waals surface area (Å²) in [7, 11) is -3.93. The second-order valence-corrected chi connectivity index (χ2v) is 11.2. The van der Waals surface area contributed by atoms with Crippen molar-refractivity contribution >= 4 is 33.3 Å². The molecule has 0 spiro atoms. The number of sulfone groups is 1. The average molecular weight is 448 g/mol. The van der Waals surface area contributed by atoms with Gasteiger partial charge in [-0.3, -0.25) is 14.5 Å². The molecule has 30 heavy (non-hydrogen) atoms. The summed E-state index contributed by atoms with van der Waals surface area (Å²) in [5, 5.41) is -0.865. The maximum atomic E-state index is 13.2. The minimum Gasteiger partial charge on any atom is -0.277 e. The van der Waals surface area contributed by atoms with Crippen LogP contribution in [-0.4, -0.2) is 36.9 Å². The Labute approximate surface area is 183 Å². The molecule has 0 N–H and O–H groups in total. The SMILES string of the molecule is CC(C)(C)c1ccc(C(=O)N2CCCC[C@@H](S(=O)(=O)c3ccc(Cl)cc3)C2=O)cc1. The molecule has 5 nitrogen and oxygen atoms in total. The molecule has 0 radical (unpaired) electrons. The number of nitrogens with zero attached hydrogens (tertiary/aromatic N) is 1. The van der Waals surface area contributed by atoms with E-state index < -0.39 is 26.9 Å². The van der Waals surface area contributed by atoms with Gasteiger partial charge < -0.3 is 0 Å². The molecule has 1 aliphatic heterocycles. The third kappa shape index (κ3) is 4.60. The van der Waals surface area contributed by atoms with E-state index in [1.165, 1.54) is 24.3 Å².